The second kappa shape index (κ2) is 9.14. The molecule has 3 aromatic rings. The molecular weight excluding hydrogens is 450 g/mol. The van der Waals surface area contributed by atoms with Crippen LogP contribution in [-0.2, 0) is 16.6 Å². The Balaban J connectivity index is 1.82. The normalized spacial score (nSPS) is 11.3. The van der Waals surface area contributed by atoms with Gasteiger partial charge in [0.05, 0.1) is 10.5 Å². The lowest BCUT2D eigenvalue weighted by atomic mass is 10.2. The van der Waals surface area contributed by atoms with Crippen LogP contribution in [0.2, 0.25) is 10.0 Å². The summed E-state index contributed by atoms with van der Waals surface area (Å²) in [6.07, 6.45) is 0. The Morgan fingerprint density at radius 1 is 1.00 bits per heavy atom. The first-order chi connectivity index (χ1) is 14.2. The van der Waals surface area contributed by atoms with E-state index in [4.69, 9.17) is 23.2 Å². The minimum atomic E-state index is -4.01. The summed E-state index contributed by atoms with van der Waals surface area (Å²) in [5.74, 6) is -1.65. The highest BCUT2D eigenvalue weighted by atomic mass is 35.5. The van der Waals surface area contributed by atoms with Crippen molar-refractivity contribution in [3.63, 3.8) is 0 Å². The summed E-state index contributed by atoms with van der Waals surface area (Å²) in [7, 11) is -4.01. The topological polar surface area (TPSA) is 75.3 Å². The molecule has 0 aliphatic heterocycles. The monoisotopic (exact) mass is 466 g/mol. The molecule has 0 saturated heterocycles. The highest BCUT2D eigenvalue weighted by molar-refractivity contribution is 7.89. The summed E-state index contributed by atoms with van der Waals surface area (Å²) in [6.45, 7) is 1.75. The van der Waals surface area contributed by atoms with Crippen molar-refractivity contribution in [2.24, 2.45) is 0 Å². The van der Waals surface area contributed by atoms with Gasteiger partial charge in [-0.1, -0.05) is 47.5 Å². The first-order valence-electron chi connectivity index (χ1n) is 8.77. The lowest BCUT2D eigenvalue weighted by molar-refractivity contribution is 0.102. The van der Waals surface area contributed by atoms with Gasteiger partial charge in [0.2, 0.25) is 10.0 Å². The summed E-state index contributed by atoms with van der Waals surface area (Å²) in [5.41, 5.74) is 1.35. The van der Waals surface area contributed by atoms with Gasteiger partial charge in [-0.05, 0) is 54.4 Å². The average molecular weight is 467 g/mol. The molecule has 0 radical (unpaired) electrons. The number of sulfonamides is 1. The van der Waals surface area contributed by atoms with Crippen molar-refractivity contribution >= 4 is 44.8 Å². The van der Waals surface area contributed by atoms with Crippen LogP contribution in [0, 0.1) is 12.7 Å². The van der Waals surface area contributed by atoms with Gasteiger partial charge >= 0.3 is 0 Å². The van der Waals surface area contributed by atoms with Crippen LogP contribution in [0.3, 0.4) is 0 Å². The van der Waals surface area contributed by atoms with E-state index in [0.29, 0.717) is 21.3 Å². The first kappa shape index (κ1) is 22.2. The van der Waals surface area contributed by atoms with E-state index in [-0.39, 0.29) is 11.4 Å². The Kier molecular flexibility index (Phi) is 6.77. The van der Waals surface area contributed by atoms with E-state index in [1.54, 1.807) is 43.3 Å². The predicted molar refractivity (Wildman–Crippen MR) is 116 cm³/mol. The number of amides is 1. The van der Waals surface area contributed by atoms with Gasteiger partial charge < -0.3 is 5.32 Å². The van der Waals surface area contributed by atoms with Crippen LogP contribution in [0.1, 0.15) is 21.5 Å². The molecule has 0 unspecified atom stereocenters. The molecule has 0 aliphatic rings. The molecule has 0 aromatic heterocycles. The van der Waals surface area contributed by atoms with E-state index < -0.39 is 27.3 Å². The molecule has 3 rings (SSSR count). The number of nitrogens with one attached hydrogen (secondary N) is 2. The van der Waals surface area contributed by atoms with Gasteiger partial charge in [0, 0.05) is 22.3 Å². The molecule has 0 heterocycles. The largest absolute Gasteiger partial charge is 0.322 e. The molecule has 156 valence electrons. The Hall–Kier alpha value is -2.45. The zero-order valence-corrected chi connectivity index (χ0v) is 18.1. The van der Waals surface area contributed by atoms with Gasteiger partial charge in [0.1, 0.15) is 5.82 Å². The third kappa shape index (κ3) is 5.17. The van der Waals surface area contributed by atoms with Gasteiger partial charge in [-0.15, -0.1) is 0 Å². The van der Waals surface area contributed by atoms with Crippen LogP contribution in [0.4, 0.5) is 10.1 Å². The lowest BCUT2D eigenvalue weighted by Gasteiger charge is -2.11. The number of carbonyl (C=O) groups excluding carboxylic acids is 1. The van der Waals surface area contributed by atoms with Crippen molar-refractivity contribution in [1.29, 1.82) is 0 Å². The zero-order valence-electron chi connectivity index (χ0n) is 15.7. The molecule has 30 heavy (non-hydrogen) atoms. The smallest absolute Gasteiger partial charge is 0.258 e. The van der Waals surface area contributed by atoms with Crippen LogP contribution in [-0.4, -0.2) is 14.3 Å². The Morgan fingerprint density at radius 3 is 2.43 bits per heavy atom. The molecule has 0 saturated carbocycles. The summed E-state index contributed by atoms with van der Waals surface area (Å²) in [5, 5.41) is 3.37. The van der Waals surface area contributed by atoms with Crippen LogP contribution in [0.25, 0.3) is 0 Å². The maximum atomic E-state index is 14.2. The van der Waals surface area contributed by atoms with Crippen molar-refractivity contribution in [1.82, 2.24) is 4.72 Å². The molecule has 0 fully saturated rings. The first-order valence-corrected chi connectivity index (χ1v) is 11.0. The van der Waals surface area contributed by atoms with Crippen molar-refractivity contribution in [2.75, 3.05) is 5.32 Å². The fraction of sp³-hybridized carbons (Fsp3) is 0.0952. The van der Waals surface area contributed by atoms with Crippen molar-refractivity contribution in [3.05, 3.63) is 93.2 Å². The maximum Gasteiger partial charge on any atom is 0.258 e. The van der Waals surface area contributed by atoms with Crippen molar-refractivity contribution < 1.29 is 17.6 Å². The summed E-state index contributed by atoms with van der Waals surface area (Å²) >= 11 is 12.1. The van der Waals surface area contributed by atoms with E-state index in [1.807, 2.05) is 0 Å². The summed E-state index contributed by atoms with van der Waals surface area (Å²) in [4.78, 5) is 12.3. The van der Waals surface area contributed by atoms with Crippen LogP contribution in [0.15, 0.2) is 65.6 Å². The standard InChI is InChI=1S/C21H17Cl2FN2O3S/c1-13-6-7-15(10-19(13)23)26-21(27)17-11-16(8-9-20(17)24)30(28,29)25-12-14-4-2-3-5-18(14)22/h2-11,25H,12H2,1H3,(H,26,27). The Morgan fingerprint density at radius 2 is 1.73 bits per heavy atom. The molecule has 0 bridgehead atoms. The molecular formula is C21H17Cl2FN2O3S. The minimum absolute atomic E-state index is 0.0528. The Bertz CT molecular complexity index is 1220. The third-order valence-corrected chi connectivity index (χ3v) is 6.51. The second-order valence-corrected chi connectivity index (χ2v) is 9.06. The highest BCUT2D eigenvalue weighted by Crippen LogP contribution is 2.22. The quantitative estimate of drug-likeness (QED) is 0.525. The third-order valence-electron chi connectivity index (χ3n) is 4.33. The highest BCUT2D eigenvalue weighted by Gasteiger charge is 2.20. The average Bonchev–Trinajstić information content (AvgIpc) is 2.70. The number of halogens is 3. The second-order valence-electron chi connectivity index (χ2n) is 6.48. The van der Waals surface area contributed by atoms with Crippen LogP contribution in [0.5, 0.6) is 0 Å². The van der Waals surface area contributed by atoms with Gasteiger partial charge in [-0.2, -0.15) is 0 Å². The number of benzene rings is 3. The van der Waals surface area contributed by atoms with Gasteiger partial charge in [-0.3, -0.25) is 4.79 Å². The molecule has 2 N–H and O–H groups in total. The summed E-state index contributed by atoms with van der Waals surface area (Å²) < 4.78 is 41.9. The van der Waals surface area contributed by atoms with E-state index in [0.717, 1.165) is 23.8 Å². The Labute approximate surface area is 183 Å². The molecule has 1 amide bonds. The number of hydrogen-bond acceptors (Lipinski definition) is 3. The van der Waals surface area contributed by atoms with Crippen LogP contribution < -0.4 is 10.0 Å². The van der Waals surface area contributed by atoms with E-state index in [9.17, 15) is 17.6 Å². The van der Waals surface area contributed by atoms with E-state index in [1.165, 1.54) is 6.07 Å². The molecule has 3 aromatic carbocycles. The van der Waals surface area contributed by atoms with E-state index in [2.05, 4.69) is 10.0 Å². The molecule has 9 heteroatoms. The SMILES string of the molecule is Cc1ccc(NC(=O)c2cc(S(=O)(=O)NCc3ccccc3Cl)ccc2F)cc1Cl. The summed E-state index contributed by atoms with van der Waals surface area (Å²) in [6, 6.07) is 14.6. The van der Waals surface area contributed by atoms with E-state index >= 15 is 0 Å². The fourth-order valence-electron chi connectivity index (χ4n) is 2.61. The lowest BCUT2D eigenvalue weighted by Crippen LogP contribution is -2.24. The number of rotatable bonds is 6. The zero-order chi connectivity index (χ0) is 21.9. The number of carbonyl (C=O) groups is 1. The van der Waals surface area contributed by atoms with Crippen LogP contribution >= 0.6 is 23.2 Å². The number of anilines is 1. The molecule has 0 aliphatic carbocycles. The van der Waals surface area contributed by atoms with Crippen molar-refractivity contribution in [3.8, 4) is 0 Å². The molecule has 5 nitrogen and oxygen atoms in total. The van der Waals surface area contributed by atoms with Gasteiger partial charge in [0.25, 0.3) is 5.91 Å². The predicted octanol–water partition coefficient (Wildman–Crippen LogP) is 5.17. The van der Waals surface area contributed by atoms with Crippen molar-refractivity contribution in [2.45, 2.75) is 18.4 Å². The number of hydrogen-bond donors (Lipinski definition) is 2. The maximum absolute atomic E-state index is 14.2. The van der Waals surface area contributed by atoms with Gasteiger partial charge in [0.15, 0.2) is 0 Å². The fourth-order valence-corrected chi connectivity index (χ4v) is 4.03. The van der Waals surface area contributed by atoms with Gasteiger partial charge in [-0.25, -0.2) is 17.5 Å². The number of aryl methyl sites for hydroxylation is 1. The molecule has 0 atom stereocenters. The molecule has 0 spiro atoms. The minimum Gasteiger partial charge on any atom is -0.322 e.